The van der Waals surface area contributed by atoms with Crippen molar-refractivity contribution in [1.82, 2.24) is 24.9 Å². The maximum absolute atomic E-state index is 13.4. The van der Waals surface area contributed by atoms with E-state index in [0.29, 0.717) is 22.7 Å². The van der Waals surface area contributed by atoms with Crippen LogP contribution in [0.15, 0.2) is 64.3 Å². The molecule has 0 N–H and O–H groups in total. The van der Waals surface area contributed by atoms with Gasteiger partial charge in [-0.25, -0.2) is 4.39 Å². The second kappa shape index (κ2) is 8.57. The van der Waals surface area contributed by atoms with Crippen LogP contribution in [0.2, 0.25) is 0 Å². The first-order valence-electron chi connectivity index (χ1n) is 9.41. The van der Waals surface area contributed by atoms with Gasteiger partial charge in [-0.05, 0) is 49.7 Å². The highest BCUT2D eigenvalue weighted by molar-refractivity contribution is 7.99. The van der Waals surface area contributed by atoms with E-state index >= 15 is 0 Å². The monoisotopic (exact) mass is 409 g/mol. The minimum absolute atomic E-state index is 0.0964. The summed E-state index contributed by atoms with van der Waals surface area (Å²) in [6.07, 6.45) is 1.75. The fourth-order valence-corrected chi connectivity index (χ4v) is 3.81. The van der Waals surface area contributed by atoms with Crippen LogP contribution in [0.4, 0.5) is 4.39 Å². The summed E-state index contributed by atoms with van der Waals surface area (Å²) in [6.45, 7) is 4.07. The Morgan fingerprint density at radius 3 is 2.55 bits per heavy atom. The predicted octanol–water partition coefficient (Wildman–Crippen LogP) is 5.26. The summed E-state index contributed by atoms with van der Waals surface area (Å²) in [6, 6.07) is 16.1. The van der Waals surface area contributed by atoms with Gasteiger partial charge in [0.2, 0.25) is 5.89 Å². The first-order chi connectivity index (χ1) is 14.2. The van der Waals surface area contributed by atoms with Crippen molar-refractivity contribution in [3.05, 3.63) is 72.1 Å². The number of rotatable bonds is 7. The van der Waals surface area contributed by atoms with E-state index in [4.69, 9.17) is 4.52 Å². The zero-order valence-corrected chi connectivity index (χ0v) is 16.9. The lowest BCUT2D eigenvalue weighted by molar-refractivity contribution is 0.374. The second-order valence-electron chi connectivity index (χ2n) is 6.54. The van der Waals surface area contributed by atoms with Crippen LogP contribution >= 0.6 is 11.8 Å². The molecule has 0 radical (unpaired) electrons. The molecule has 0 aliphatic carbocycles. The van der Waals surface area contributed by atoms with Crippen LogP contribution < -0.4 is 0 Å². The van der Waals surface area contributed by atoms with E-state index in [-0.39, 0.29) is 11.1 Å². The summed E-state index contributed by atoms with van der Waals surface area (Å²) in [5.74, 6) is 1.63. The average Bonchev–Trinajstić information content (AvgIpc) is 3.37. The fraction of sp³-hybridized carbons (Fsp3) is 0.238. The minimum Gasteiger partial charge on any atom is -0.338 e. The van der Waals surface area contributed by atoms with Crippen molar-refractivity contribution in [3.63, 3.8) is 0 Å². The van der Waals surface area contributed by atoms with Crippen molar-refractivity contribution >= 4 is 11.8 Å². The highest BCUT2D eigenvalue weighted by Gasteiger charge is 2.22. The molecule has 0 saturated carbocycles. The number of aryl methyl sites for hydroxylation is 1. The number of benzene rings is 2. The van der Waals surface area contributed by atoms with Gasteiger partial charge in [-0.1, -0.05) is 42.0 Å². The summed E-state index contributed by atoms with van der Waals surface area (Å²) >= 11 is 1.49. The van der Waals surface area contributed by atoms with Crippen LogP contribution in [0.25, 0.3) is 17.1 Å². The van der Waals surface area contributed by atoms with Gasteiger partial charge >= 0.3 is 0 Å². The van der Waals surface area contributed by atoms with Crippen molar-refractivity contribution in [2.45, 2.75) is 37.1 Å². The van der Waals surface area contributed by atoms with E-state index in [1.54, 1.807) is 12.1 Å². The van der Waals surface area contributed by atoms with Crippen LogP contribution in [0, 0.1) is 5.82 Å². The van der Waals surface area contributed by atoms with Crippen molar-refractivity contribution in [1.29, 1.82) is 0 Å². The molecule has 0 saturated heterocycles. The Bertz CT molecular complexity index is 1080. The third-order valence-corrected chi connectivity index (χ3v) is 5.37. The quantitative estimate of drug-likeness (QED) is 0.388. The van der Waals surface area contributed by atoms with Crippen LogP contribution in [-0.4, -0.2) is 24.9 Å². The van der Waals surface area contributed by atoms with E-state index in [2.05, 4.69) is 27.3 Å². The molecule has 0 spiro atoms. The third kappa shape index (κ3) is 4.22. The van der Waals surface area contributed by atoms with E-state index in [1.807, 2.05) is 41.8 Å². The van der Waals surface area contributed by atoms with Gasteiger partial charge in [0.1, 0.15) is 5.82 Å². The van der Waals surface area contributed by atoms with E-state index in [9.17, 15) is 4.39 Å². The first kappa shape index (κ1) is 19.3. The van der Waals surface area contributed by atoms with Gasteiger partial charge in [-0.2, -0.15) is 4.98 Å². The molecule has 1 unspecified atom stereocenters. The number of nitrogens with zero attached hydrogens (tertiary/aromatic N) is 5. The summed E-state index contributed by atoms with van der Waals surface area (Å²) < 4.78 is 20.8. The topological polar surface area (TPSA) is 69.6 Å². The van der Waals surface area contributed by atoms with Crippen LogP contribution in [-0.2, 0) is 6.42 Å². The highest BCUT2D eigenvalue weighted by atomic mass is 32.2. The zero-order valence-electron chi connectivity index (χ0n) is 16.1. The van der Waals surface area contributed by atoms with Gasteiger partial charge < -0.3 is 4.52 Å². The number of hydrogen-bond donors (Lipinski definition) is 0. The third-order valence-electron chi connectivity index (χ3n) is 4.34. The molecule has 8 heteroatoms. The summed E-state index contributed by atoms with van der Waals surface area (Å²) in [5.41, 5.74) is 1.70. The van der Waals surface area contributed by atoms with Gasteiger partial charge in [-0.15, -0.1) is 10.2 Å². The fourth-order valence-electron chi connectivity index (χ4n) is 2.91. The summed E-state index contributed by atoms with van der Waals surface area (Å²) in [5, 5.41) is 13.4. The molecule has 6 nitrogen and oxygen atoms in total. The van der Waals surface area contributed by atoms with Gasteiger partial charge in [0.05, 0.1) is 5.25 Å². The Kier molecular flexibility index (Phi) is 5.71. The molecule has 4 rings (SSSR count). The summed E-state index contributed by atoms with van der Waals surface area (Å²) in [4.78, 5) is 4.48. The molecular formula is C21H20FN5OS. The Morgan fingerprint density at radius 1 is 1.07 bits per heavy atom. The molecule has 0 fully saturated rings. The normalized spacial score (nSPS) is 12.2. The van der Waals surface area contributed by atoms with Gasteiger partial charge in [0.15, 0.2) is 16.8 Å². The molecule has 2 heterocycles. The minimum atomic E-state index is -0.290. The molecule has 1 atom stereocenters. The number of halogens is 1. The van der Waals surface area contributed by atoms with Crippen molar-refractivity contribution in [2.75, 3.05) is 0 Å². The molecule has 0 aliphatic heterocycles. The highest BCUT2D eigenvalue weighted by Crippen LogP contribution is 2.36. The Morgan fingerprint density at radius 2 is 1.83 bits per heavy atom. The SMILES string of the molecule is CCCc1noc(C(C)Sc2nnc(-c3ccc(F)cc3)n2-c2ccccc2)n1. The number of hydrogen-bond acceptors (Lipinski definition) is 6. The number of aromatic nitrogens is 5. The molecule has 0 aliphatic rings. The molecule has 29 heavy (non-hydrogen) atoms. The van der Waals surface area contributed by atoms with E-state index < -0.39 is 0 Å². The van der Waals surface area contributed by atoms with Crippen molar-refractivity contribution in [3.8, 4) is 17.1 Å². The maximum Gasteiger partial charge on any atom is 0.239 e. The molecular weight excluding hydrogens is 389 g/mol. The molecule has 0 amide bonds. The Labute approximate surface area is 172 Å². The largest absolute Gasteiger partial charge is 0.338 e. The standard InChI is InChI=1S/C21H20FN5OS/c1-3-7-18-23-20(28-26-18)14(2)29-21-25-24-19(15-10-12-16(22)13-11-15)27(21)17-8-5-4-6-9-17/h4-6,8-14H,3,7H2,1-2H3. The first-order valence-corrected chi connectivity index (χ1v) is 10.3. The molecule has 148 valence electrons. The zero-order chi connectivity index (χ0) is 20.2. The van der Waals surface area contributed by atoms with Crippen LogP contribution in [0.1, 0.15) is 37.2 Å². The lowest BCUT2D eigenvalue weighted by atomic mass is 10.2. The average molecular weight is 409 g/mol. The second-order valence-corrected chi connectivity index (χ2v) is 7.85. The predicted molar refractivity (Wildman–Crippen MR) is 109 cm³/mol. The Hall–Kier alpha value is -3.00. The van der Waals surface area contributed by atoms with Crippen molar-refractivity contribution < 1.29 is 8.91 Å². The lowest BCUT2D eigenvalue weighted by Gasteiger charge is -2.11. The van der Waals surface area contributed by atoms with E-state index in [0.717, 1.165) is 24.1 Å². The summed E-state index contributed by atoms with van der Waals surface area (Å²) in [7, 11) is 0. The molecule has 4 aromatic rings. The van der Waals surface area contributed by atoms with Crippen molar-refractivity contribution in [2.24, 2.45) is 0 Å². The molecule has 2 aromatic heterocycles. The number of para-hydroxylation sites is 1. The lowest BCUT2D eigenvalue weighted by Crippen LogP contribution is -2.01. The maximum atomic E-state index is 13.4. The van der Waals surface area contributed by atoms with Gasteiger partial charge in [0, 0.05) is 17.7 Å². The smallest absolute Gasteiger partial charge is 0.239 e. The molecule has 2 aromatic carbocycles. The van der Waals surface area contributed by atoms with Gasteiger partial charge in [0.25, 0.3) is 0 Å². The van der Waals surface area contributed by atoms with E-state index in [1.165, 1.54) is 23.9 Å². The van der Waals surface area contributed by atoms with Crippen LogP contribution in [0.3, 0.4) is 0 Å². The molecule has 0 bridgehead atoms. The number of thioether (sulfide) groups is 1. The Balaban J connectivity index is 1.70. The van der Waals surface area contributed by atoms with Gasteiger partial charge in [-0.3, -0.25) is 4.57 Å². The van der Waals surface area contributed by atoms with Crippen LogP contribution in [0.5, 0.6) is 0 Å².